The van der Waals surface area contributed by atoms with Crippen molar-refractivity contribution in [1.29, 1.82) is 0 Å². The Morgan fingerprint density at radius 3 is 2.55 bits per heavy atom. The monoisotopic (exact) mass is 415 g/mol. The molecular formula is C21H22ClN3O4. The number of hydrogen-bond donors (Lipinski definition) is 2. The molecule has 0 aliphatic carbocycles. The highest BCUT2D eigenvalue weighted by Crippen LogP contribution is 2.31. The molecule has 0 fully saturated rings. The summed E-state index contributed by atoms with van der Waals surface area (Å²) in [5, 5.41) is 10.2. The highest BCUT2D eigenvalue weighted by atomic mass is 35.5. The van der Waals surface area contributed by atoms with Gasteiger partial charge in [0.1, 0.15) is 5.75 Å². The van der Waals surface area contributed by atoms with Gasteiger partial charge in [0.05, 0.1) is 43.3 Å². The van der Waals surface area contributed by atoms with E-state index in [2.05, 4.69) is 15.5 Å². The number of hydrogen-bond acceptors (Lipinski definition) is 5. The fourth-order valence-corrected chi connectivity index (χ4v) is 3.11. The minimum absolute atomic E-state index is 0.256. The lowest BCUT2D eigenvalue weighted by Crippen LogP contribution is -2.23. The second kappa shape index (κ2) is 9.34. The molecule has 2 N–H and O–H groups in total. The van der Waals surface area contributed by atoms with Crippen LogP contribution in [0.5, 0.6) is 17.2 Å². The maximum Gasteiger partial charge on any atom is 0.255 e. The first-order valence-electron chi connectivity index (χ1n) is 9.02. The highest BCUT2D eigenvalue weighted by Gasteiger charge is 2.16. The first kappa shape index (κ1) is 20.5. The molecule has 152 valence electrons. The first-order valence-corrected chi connectivity index (χ1v) is 9.40. The molecule has 3 aromatic rings. The molecule has 0 atom stereocenters. The maximum absolute atomic E-state index is 12.7. The van der Waals surface area contributed by atoms with E-state index in [1.165, 1.54) is 6.20 Å². The number of aromatic amines is 1. The SMILES string of the molecule is CCOc1ccc(-c2[nH]ncc2C(=O)NCc2ccc(OC)c(OC)c2)cc1Cl. The van der Waals surface area contributed by atoms with E-state index >= 15 is 0 Å². The van der Waals surface area contributed by atoms with Crippen molar-refractivity contribution >= 4 is 17.5 Å². The van der Waals surface area contributed by atoms with E-state index < -0.39 is 0 Å². The first-order chi connectivity index (χ1) is 14.1. The topological polar surface area (TPSA) is 85.5 Å². The molecule has 0 radical (unpaired) electrons. The molecule has 0 saturated heterocycles. The van der Waals surface area contributed by atoms with E-state index in [9.17, 15) is 4.79 Å². The van der Waals surface area contributed by atoms with Crippen molar-refractivity contribution in [2.45, 2.75) is 13.5 Å². The van der Waals surface area contributed by atoms with Crippen LogP contribution in [0.15, 0.2) is 42.6 Å². The van der Waals surface area contributed by atoms with Gasteiger partial charge in [-0.05, 0) is 42.8 Å². The standard InChI is InChI=1S/C21H22ClN3O4/c1-4-29-17-8-6-14(10-16(17)22)20-15(12-24-25-20)21(26)23-11-13-5-7-18(27-2)19(9-13)28-3/h5-10,12H,4,11H2,1-3H3,(H,23,26)(H,24,25). The molecule has 8 heteroatoms. The number of nitrogens with one attached hydrogen (secondary N) is 2. The number of H-pyrrole nitrogens is 1. The lowest BCUT2D eigenvalue weighted by atomic mass is 10.1. The van der Waals surface area contributed by atoms with Crippen LogP contribution in [-0.2, 0) is 6.54 Å². The second-order valence-corrected chi connectivity index (χ2v) is 6.52. The predicted molar refractivity (Wildman–Crippen MR) is 111 cm³/mol. The second-order valence-electron chi connectivity index (χ2n) is 6.11. The van der Waals surface area contributed by atoms with Crippen LogP contribution < -0.4 is 19.5 Å². The zero-order valence-electron chi connectivity index (χ0n) is 16.4. The van der Waals surface area contributed by atoms with Crippen molar-refractivity contribution in [3.05, 3.63) is 58.7 Å². The van der Waals surface area contributed by atoms with Gasteiger partial charge in [-0.25, -0.2) is 0 Å². The van der Waals surface area contributed by atoms with Crippen molar-refractivity contribution in [3.8, 4) is 28.5 Å². The van der Waals surface area contributed by atoms with Crippen LogP contribution in [-0.4, -0.2) is 36.9 Å². The van der Waals surface area contributed by atoms with Crippen LogP contribution in [0.1, 0.15) is 22.8 Å². The summed E-state index contributed by atoms with van der Waals surface area (Å²) in [5.41, 5.74) is 2.63. The zero-order chi connectivity index (χ0) is 20.8. The van der Waals surface area contributed by atoms with E-state index in [1.54, 1.807) is 32.4 Å². The number of amides is 1. The lowest BCUT2D eigenvalue weighted by molar-refractivity contribution is 0.0951. The Morgan fingerprint density at radius 1 is 1.10 bits per heavy atom. The van der Waals surface area contributed by atoms with E-state index in [-0.39, 0.29) is 5.91 Å². The minimum Gasteiger partial charge on any atom is -0.493 e. The Morgan fingerprint density at radius 2 is 1.86 bits per heavy atom. The average molecular weight is 416 g/mol. The highest BCUT2D eigenvalue weighted by molar-refractivity contribution is 6.32. The summed E-state index contributed by atoms with van der Waals surface area (Å²) in [5.74, 6) is 1.57. The zero-order valence-corrected chi connectivity index (χ0v) is 17.2. The number of methoxy groups -OCH3 is 2. The molecular weight excluding hydrogens is 394 g/mol. The van der Waals surface area contributed by atoms with Crippen molar-refractivity contribution in [2.24, 2.45) is 0 Å². The maximum atomic E-state index is 12.7. The van der Waals surface area contributed by atoms with Crippen molar-refractivity contribution in [3.63, 3.8) is 0 Å². The van der Waals surface area contributed by atoms with Gasteiger partial charge in [0.15, 0.2) is 11.5 Å². The lowest BCUT2D eigenvalue weighted by Gasteiger charge is -2.11. The summed E-state index contributed by atoms with van der Waals surface area (Å²) in [4.78, 5) is 12.7. The van der Waals surface area contributed by atoms with E-state index in [0.717, 1.165) is 11.1 Å². The molecule has 3 rings (SSSR count). The molecule has 7 nitrogen and oxygen atoms in total. The number of nitrogens with zero attached hydrogens (tertiary/aromatic N) is 1. The van der Waals surface area contributed by atoms with Gasteiger partial charge in [0, 0.05) is 12.1 Å². The van der Waals surface area contributed by atoms with Crippen molar-refractivity contribution in [1.82, 2.24) is 15.5 Å². The van der Waals surface area contributed by atoms with Crippen LogP contribution in [0.4, 0.5) is 0 Å². The van der Waals surface area contributed by atoms with E-state index in [1.807, 2.05) is 25.1 Å². The molecule has 1 heterocycles. The Kier molecular flexibility index (Phi) is 6.61. The number of halogens is 1. The Bertz CT molecular complexity index is 1000. The normalized spacial score (nSPS) is 10.5. The summed E-state index contributed by atoms with van der Waals surface area (Å²) in [6.45, 7) is 2.74. The molecule has 0 spiro atoms. The van der Waals surface area contributed by atoms with Crippen LogP contribution in [0, 0.1) is 0 Å². The van der Waals surface area contributed by atoms with Gasteiger partial charge < -0.3 is 19.5 Å². The molecule has 0 unspecified atom stereocenters. The molecule has 29 heavy (non-hydrogen) atoms. The number of aromatic nitrogens is 2. The Balaban J connectivity index is 1.75. The molecule has 0 bridgehead atoms. The van der Waals surface area contributed by atoms with Gasteiger partial charge in [-0.1, -0.05) is 17.7 Å². The quantitative estimate of drug-likeness (QED) is 0.579. The van der Waals surface area contributed by atoms with Crippen LogP contribution in [0.2, 0.25) is 5.02 Å². The minimum atomic E-state index is -0.256. The fraction of sp³-hybridized carbons (Fsp3) is 0.238. The number of ether oxygens (including phenoxy) is 3. The third-order valence-corrected chi connectivity index (χ3v) is 4.60. The summed E-state index contributed by atoms with van der Waals surface area (Å²) < 4.78 is 16.0. The number of rotatable bonds is 8. The number of carbonyl (C=O) groups excluding carboxylic acids is 1. The summed E-state index contributed by atoms with van der Waals surface area (Å²) >= 11 is 6.27. The number of carbonyl (C=O) groups is 1. The molecule has 0 aliphatic rings. The van der Waals surface area contributed by atoms with Gasteiger partial charge in [-0.3, -0.25) is 9.89 Å². The van der Waals surface area contributed by atoms with E-state index in [0.29, 0.717) is 46.7 Å². The van der Waals surface area contributed by atoms with Gasteiger partial charge in [-0.15, -0.1) is 0 Å². The van der Waals surface area contributed by atoms with Crippen LogP contribution in [0.3, 0.4) is 0 Å². The van der Waals surface area contributed by atoms with Gasteiger partial charge >= 0.3 is 0 Å². The van der Waals surface area contributed by atoms with Gasteiger partial charge in [0.2, 0.25) is 0 Å². The van der Waals surface area contributed by atoms with E-state index in [4.69, 9.17) is 25.8 Å². The molecule has 2 aromatic carbocycles. The predicted octanol–water partition coefficient (Wildman–Crippen LogP) is 4.08. The smallest absolute Gasteiger partial charge is 0.255 e. The summed E-state index contributed by atoms with van der Waals surface area (Å²) in [6, 6.07) is 10.8. The van der Waals surface area contributed by atoms with Crippen LogP contribution >= 0.6 is 11.6 Å². The third kappa shape index (κ3) is 4.63. The molecule has 0 saturated carbocycles. The molecule has 1 aromatic heterocycles. The van der Waals surface area contributed by atoms with Gasteiger partial charge in [-0.2, -0.15) is 5.10 Å². The summed E-state index contributed by atoms with van der Waals surface area (Å²) in [6.07, 6.45) is 1.49. The fourth-order valence-electron chi connectivity index (χ4n) is 2.88. The molecule has 1 amide bonds. The van der Waals surface area contributed by atoms with Gasteiger partial charge in [0.25, 0.3) is 5.91 Å². The largest absolute Gasteiger partial charge is 0.493 e. The Labute approximate surface area is 173 Å². The number of benzene rings is 2. The van der Waals surface area contributed by atoms with Crippen molar-refractivity contribution in [2.75, 3.05) is 20.8 Å². The summed E-state index contributed by atoms with van der Waals surface area (Å²) in [7, 11) is 3.15. The Hall–Kier alpha value is -3.19. The van der Waals surface area contributed by atoms with Crippen molar-refractivity contribution < 1.29 is 19.0 Å². The average Bonchev–Trinajstić information content (AvgIpc) is 3.23. The van der Waals surface area contributed by atoms with Crippen LogP contribution in [0.25, 0.3) is 11.3 Å². The molecule has 0 aliphatic heterocycles. The third-order valence-electron chi connectivity index (χ3n) is 4.31.